The van der Waals surface area contributed by atoms with Gasteiger partial charge < -0.3 is 5.11 Å². The van der Waals surface area contributed by atoms with E-state index in [4.69, 9.17) is 5.11 Å². The Labute approximate surface area is 94.0 Å². The van der Waals surface area contributed by atoms with Crippen molar-refractivity contribution < 1.29 is 19.5 Å². The van der Waals surface area contributed by atoms with Crippen molar-refractivity contribution in [2.75, 3.05) is 0 Å². The van der Waals surface area contributed by atoms with E-state index in [1.54, 1.807) is 6.92 Å². The van der Waals surface area contributed by atoms with Crippen LogP contribution in [-0.2, 0) is 14.4 Å². The molecule has 0 aromatic heterocycles. The number of carboxylic acids is 1. The van der Waals surface area contributed by atoms with Crippen molar-refractivity contribution >= 4 is 17.5 Å². The maximum absolute atomic E-state index is 11.9. The summed E-state index contributed by atoms with van der Waals surface area (Å²) >= 11 is 0. The number of hydrogen-bond acceptors (Lipinski definition) is 3. The number of aliphatic carboxylic acids is 1. The first-order valence-corrected chi connectivity index (χ1v) is 5.74. The second-order valence-electron chi connectivity index (χ2n) is 5.27. The van der Waals surface area contributed by atoms with Crippen molar-refractivity contribution in [3.05, 3.63) is 0 Å². The van der Waals surface area contributed by atoms with Crippen LogP contribution in [-0.4, -0.2) is 22.6 Å². The molecule has 4 heteroatoms. The molecule has 0 bridgehead atoms. The van der Waals surface area contributed by atoms with Gasteiger partial charge in [-0.25, -0.2) is 0 Å². The Morgan fingerprint density at radius 3 is 2.50 bits per heavy atom. The molecule has 0 spiro atoms. The lowest BCUT2D eigenvalue weighted by Crippen LogP contribution is -2.41. The summed E-state index contributed by atoms with van der Waals surface area (Å²) < 4.78 is 0. The predicted molar refractivity (Wildman–Crippen MR) is 55.8 cm³/mol. The molecule has 2 fully saturated rings. The summed E-state index contributed by atoms with van der Waals surface area (Å²) in [4.78, 5) is 34.6. The summed E-state index contributed by atoms with van der Waals surface area (Å²) in [6.07, 6.45) is 2.51. The highest BCUT2D eigenvalue weighted by molar-refractivity contribution is 6.05. The molecule has 16 heavy (non-hydrogen) atoms. The molecular weight excluding hydrogens is 208 g/mol. The molecular formula is C12H16O4. The Balaban J connectivity index is 2.14. The fraction of sp³-hybridized carbons (Fsp3) is 0.750. The first-order chi connectivity index (χ1) is 7.44. The van der Waals surface area contributed by atoms with Gasteiger partial charge in [0.2, 0.25) is 0 Å². The number of rotatable bonds is 3. The van der Waals surface area contributed by atoms with Gasteiger partial charge in [0.25, 0.3) is 0 Å². The summed E-state index contributed by atoms with van der Waals surface area (Å²) in [6, 6.07) is 0. The largest absolute Gasteiger partial charge is 0.481 e. The molecule has 0 aromatic rings. The highest BCUT2D eigenvalue weighted by Gasteiger charge is 2.47. The summed E-state index contributed by atoms with van der Waals surface area (Å²) in [7, 11) is 0. The molecule has 0 aliphatic heterocycles. The molecule has 1 N–H and O–H groups in total. The van der Waals surface area contributed by atoms with Gasteiger partial charge >= 0.3 is 5.97 Å². The standard InChI is InChI=1S/C12H16O4/c1-12(11(15)16)5-4-9(13)8(6-12)10(14)7-2-3-7/h7-8H,2-6H2,1H3,(H,15,16)/t8-,12+/m1/s1. The Hall–Kier alpha value is -1.19. The zero-order chi connectivity index (χ0) is 11.9. The molecule has 0 amide bonds. The average Bonchev–Trinajstić information content (AvgIpc) is 3.04. The molecule has 2 atom stereocenters. The van der Waals surface area contributed by atoms with Crippen LogP contribution in [0.5, 0.6) is 0 Å². The lowest BCUT2D eigenvalue weighted by Gasteiger charge is -2.33. The average molecular weight is 224 g/mol. The maximum Gasteiger partial charge on any atom is 0.309 e. The zero-order valence-corrected chi connectivity index (χ0v) is 9.36. The first kappa shape index (κ1) is 11.3. The molecule has 0 saturated heterocycles. The van der Waals surface area contributed by atoms with E-state index in [1.807, 2.05) is 0 Å². The topological polar surface area (TPSA) is 71.4 Å². The molecule has 0 radical (unpaired) electrons. The third-order valence-corrected chi connectivity index (χ3v) is 3.81. The number of carbonyl (C=O) groups is 3. The van der Waals surface area contributed by atoms with Crippen LogP contribution in [0.2, 0.25) is 0 Å². The first-order valence-electron chi connectivity index (χ1n) is 5.74. The van der Waals surface area contributed by atoms with Gasteiger partial charge in [-0.2, -0.15) is 0 Å². The lowest BCUT2D eigenvalue weighted by molar-refractivity contribution is -0.153. The molecule has 2 aliphatic carbocycles. The fourth-order valence-corrected chi connectivity index (χ4v) is 2.35. The zero-order valence-electron chi connectivity index (χ0n) is 9.36. The molecule has 0 aromatic carbocycles. The van der Waals surface area contributed by atoms with Gasteiger partial charge in [0.1, 0.15) is 11.6 Å². The van der Waals surface area contributed by atoms with Gasteiger partial charge in [0, 0.05) is 12.3 Å². The van der Waals surface area contributed by atoms with Crippen LogP contribution in [0.15, 0.2) is 0 Å². The van der Waals surface area contributed by atoms with Gasteiger partial charge in [-0.15, -0.1) is 0 Å². The van der Waals surface area contributed by atoms with Crippen LogP contribution in [0, 0.1) is 17.3 Å². The number of hydrogen-bond donors (Lipinski definition) is 1. The Kier molecular flexibility index (Phi) is 2.60. The summed E-state index contributed by atoms with van der Waals surface area (Å²) in [5.41, 5.74) is -0.900. The summed E-state index contributed by atoms with van der Waals surface area (Å²) in [5, 5.41) is 9.11. The fourth-order valence-electron chi connectivity index (χ4n) is 2.35. The van der Waals surface area contributed by atoms with Crippen LogP contribution in [0.1, 0.15) is 39.0 Å². The van der Waals surface area contributed by atoms with E-state index in [9.17, 15) is 14.4 Å². The highest BCUT2D eigenvalue weighted by atomic mass is 16.4. The lowest BCUT2D eigenvalue weighted by atomic mass is 9.68. The number of carboxylic acid groups (broad SMARTS) is 1. The quantitative estimate of drug-likeness (QED) is 0.736. The van der Waals surface area contributed by atoms with Gasteiger partial charge in [0.15, 0.2) is 0 Å². The van der Waals surface area contributed by atoms with Gasteiger partial charge in [-0.1, -0.05) is 0 Å². The van der Waals surface area contributed by atoms with E-state index < -0.39 is 17.3 Å². The molecule has 0 unspecified atom stereocenters. The second-order valence-corrected chi connectivity index (χ2v) is 5.27. The minimum absolute atomic E-state index is 0.0165. The third-order valence-electron chi connectivity index (χ3n) is 3.81. The smallest absolute Gasteiger partial charge is 0.309 e. The van der Waals surface area contributed by atoms with Crippen molar-refractivity contribution in [1.29, 1.82) is 0 Å². The van der Waals surface area contributed by atoms with E-state index in [0.29, 0.717) is 6.42 Å². The van der Waals surface area contributed by atoms with E-state index in [1.165, 1.54) is 0 Å². The minimum atomic E-state index is -0.900. The van der Waals surface area contributed by atoms with E-state index >= 15 is 0 Å². The molecule has 2 saturated carbocycles. The van der Waals surface area contributed by atoms with E-state index in [0.717, 1.165) is 12.8 Å². The number of carbonyl (C=O) groups excluding carboxylic acids is 2. The van der Waals surface area contributed by atoms with Crippen LogP contribution in [0.4, 0.5) is 0 Å². The number of ketones is 2. The van der Waals surface area contributed by atoms with Gasteiger partial charge in [0.05, 0.1) is 11.3 Å². The van der Waals surface area contributed by atoms with Crippen molar-refractivity contribution in [1.82, 2.24) is 0 Å². The van der Waals surface area contributed by atoms with E-state index in [-0.39, 0.29) is 30.3 Å². The Morgan fingerprint density at radius 1 is 1.38 bits per heavy atom. The second kappa shape index (κ2) is 3.68. The van der Waals surface area contributed by atoms with Crippen LogP contribution in [0.3, 0.4) is 0 Å². The third kappa shape index (κ3) is 1.88. The number of Topliss-reactive ketones (excluding diaryl/α,β-unsaturated/α-hetero) is 2. The molecule has 2 aliphatic rings. The van der Waals surface area contributed by atoms with Crippen LogP contribution in [0.25, 0.3) is 0 Å². The Morgan fingerprint density at radius 2 is 2.00 bits per heavy atom. The summed E-state index contributed by atoms with van der Waals surface area (Å²) in [6.45, 7) is 1.63. The highest BCUT2D eigenvalue weighted by Crippen LogP contribution is 2.42. The van der Waals surface area contributed by atoms with Crippen LogP contribution >= 0.6 is 0 Å². The minimum Gasteiger partial charge on any atom is -0.481 e. The van der Waals surface area contributed by atoms with Crippen molar-refractivity contribution in [3.63, 3.8) is 0 Å². The van der Waals surface area contributed by atoms with Gasteiger partial charge in [-0.05, 0) is 32.6 Å². The van der Waals surface area contributed by atoms with Gasteiger partial charge in [-0.3, -0.25) is 14.4 Å². The van der Waals surface area contributed by atoms with E-state index in [2.05, 4.69) is 0 Å². The Bertz CT molecular complexity index is 356. The molecule has 88 valence electrons. The summed E-state index contributed by atoms with van der Waals surface area (Å²) in [5.74, 6) is -1.59. The normalized spacial score (nSPS) is 34.8. The molecule has 0 heterocycles. The SMILES string of the molecule is C[C@]1(C(=O)O)CCC(=O)[C@H](C(=O)C2CC2)C1. The van der Waals surface area contributed by atoms with Crippen LogP contribution < -0.4 is 0 Å². The van der Waals surface area contributed by atoms with Crippen molar-refractivity contribution in [3.8, 4) is 0 Å². The monoisotopic (exact) mass is 224 g/mol. The predicted octanol–water partition coefficient (Wildman–Crippen LogP) is 1.43. The molecule has 4 nitrogen and oxygen atoms in total. The van der Waals surface area contributed by atoms with Crippen molar-refractivity contribution in [2.24, 2.45) is 17.3 Å². The maximum atomic E-state index is 11.9. The van der Waals surface area contributed by atoms with Crippen molar-refractivity contribution in [2.45, 2.75) is 39.0 Å². The molecule has 2 rings (SSSR count).